The Labute approximate surface area is 165 Å². The third-order valence-electron chi connectivity index (χ3n) is 3.43. The lowest BCUT2D eigenvalue weighted by molar-refractivity contribution is -0.143. The Bertz CT molecular complexity index is 589. The zero-order valence-electron chi connectivity index (χ0n) is 14.7. The van der Waals surface area contributed by atoms with Gasteiger partial charge >= 0.3 is 11.9 Å². The highest BCUT2D eigenvalue weighted by Crippen LogP contribution is 2.01. The first-order valence-electron chi connectivity index (χ1n) is 8.01. The number of thiol groups is 1. The predicted octanol–water partition coefficient (Wildman–Crippen LogP) is -4.37. The van der Waals surface area contributed by atoms with Crippen molar-refractivity contribution < 1.29 is 44.4 Å². The van der Waals surface area contributed by atoms with Gasteiger partial charge in [-0.05, 0) is 6.42 Å². The van der Waals surface area contributed by atoms with Crippen LogP contribution in [-0.2, 0) is 24.0 Å². The van der Waals surface area contributed by atoms with Gasteiger partial charge in [0.25, 0.3) is 0 Å². The van der Waals surface area contributed by atoms with Crippen LogP contribution >= 0.6 is 12.6 Å². The molecule has 0 fully saturated rings. The number of aliphatic hydroxyl groups excluding tert-OH is 2. The van der Waals surface area contributed by atoms with E-state index in [4.69, 9.17) is 26.2 Å². The van der Waals surface area contributed by atoms with Gasteiger partial charge in [-0.1, -0.05) is 0 Å². The molecular weight excluding hydrogens is 400 g/mol. The molecule has 4 unspecified atom stereocenters. The van der Waals surface area contributed by atoms with E-state index in [1.54, 1.807) is 0 Å². The number of rotatable bonds is 13. The molecule has 160 valence electrons. The maximum absolute atomic E-state index is 12.4. The zero-order chi connectivity index (χ0) is 21.9. The second-order valence-corrected chi connectivity index (χ2v) is 5.97. The molecule has 0 aliphatic carbocycles. The first-order chi connectivity index (χ1) is 13.1. The van der Waals surface area contributed by atoms with Gasteiger partial charge in [0.1, 0.15) is 24.2 Å². The maximum atomic E-state index is 12.4. The van der Waals surface area contributed by atoms with Gasteiger partial charge in [-0.3, -0.25) is 19.2 Å². The van der Waals surface area contributed by atoms with Gasteiger partial charge in [0.05, 0.1) is 13.2 Å². The molecule has 13 nitrogen and oxygen atoms in total. The molecule has 0 rings (SSSR count). The van der Waals surface area contributed by atoms with Crippen LogP contribution in [0.15, 0.2) is 0 Å². The number of nitrogens with one attached hydrogen (secondary N) is 3. The number of carboxylic acids is 2. The topological polar surface area (TPSA) is 228 Å². The summed E-state index contributed by atoms with van der Waals surface area (Å²) in [4.78, 5) is 57.8. The van der Waals surface area contributed by atoms with E-state index in [1.807, 2.05) is 5.32 Å². The quantitative estimate of drug-likeness (QED) is 0.129. The Balaban J connectivity index is 5.16. The SMILES string of the molecule is NC(CO)C(=O)NC(CCC(=O)O)C(=O)NC(CS)C(=O)NC(CO)C(=O)O. The largest absolute Gasteiger partial charge is 0.481 e. The molecule has 0 heterocycles. The molecule has 3 amide bonds. The summed E-state index contributed by atoms with van der Waals surface area (Å²) in [6, 6.07) is -5.66. The molecule has 0 aliphatic heterocycles. The fraction of sp³-hybridized carbons (Fsp3) is 0.643. The highest BCUT2D eigenvalue weighted by Gasteiger charge is 2.29. The van der Waals surface area contributed by atoms with Gasteiger partial charge in [-0.2, -0.15) is 12.6 Å². The van der Waals surface area contributed by atoms with Crippen molar-refractivity contribution in [1.29, 1.82) is 0 Å². The van der Waals surface area contributed by atoms with Gasteiger partial charge in [0.15, 0.2) is 0 Å². The lowest BCUT2D eigenvalue weighted by atomic mass is 10.1. The van der Waals surface area contributed by atoms with Crippen molar-refractivity contribution in [3.63, 3.8) is 0 Å². The molecule has 0 aliphatic rings. The molecule has 4 atom stereocenters. The average molecular weight is 424 g/mol. The van der Waals surface area contributed by atoms with Crippen LogP contribution in [0.5, 0.6) is 0 Å². The summed E-state index contributed by atoms with van der Waals surface area (Å²) in [5.74, 6) is -5.81. The number of hydrogen-bond donors (Lipinski definition) is 9. The van der Waals surface area contributed by atoms with Gasteiger partial charge in [-0.25, -0.2) is 4.79 Å². The van der Waals surface area contributed by atoms with Crippen LogP contribution in [0.3, 0.4) is 0 Å². The van der Waals surface area contributed by atoms with Crippen molar-refractivity contribution in [3.05, 3.63) is 0 Å². The van der Waals surface area contributed by atoms with Gasteiger partial charge in [0, 0.05) is 12.2 Å². The second kappa shape index (κ2) is 12.9. The number of aliphatic hydroxyl groups is 2. The molecule has 0 aromatic carbocycles. The summed E-state index contributed by atoms with van der Waals surface area (Å²) >= 11 is 3.88. The highest BCUT2D eigenvalue weighted by atomic mass is 32.1. The monoisotopic (exact) mass is 424 g/mol. The third kappa shape index (κ3) is 8.98. The van der Waals surface area contributed by atoms with Gasteiger partial charge < -0.3 is 42.1 Å². The van der Waals surface area contributed by atoms with Gasteiger partial charge in [0.2, 0.25) is 17.7 Å². The summed E-state index contributed by atoms with van der Waals surface area (Å²) < 4.78 is 0. The molecule has 28 heavy (non-hydrogen) atoms. The fourth-order valence-corrected chi connectivity index (χ4v) is 2.08. The number of amides is 3. The van der Waals surface area contributed by atoms with Crippen LogP contribution in [0.25, 0.3) is 0 Å². The van der Waals surface area contributed by atoms with Crippen LogP contribution in [0.4, 0.5) is 0 Å². The molecule has 0 aromatic rings. The smallest absolute Gasteiger partial charge is 0.328 e. The molecule has 9 N–H and O–H groups in total. The second-order valence-electron chi connectivity index (χ2n) is 5.61. The minimum atomic E-state index is -1.60. The van der Waals surface area contributed by atoms with Crippen LogP contribution in [0, 0.1) is 0 Å². The van der Waals surface area contributed by atoms with E-state index in [0.29, 0.717) is 0 Å². The first-order valence-corrected chi connectivity index (χ1v) is 8.64. The van der Waals surface area contributed by atoms with Crippen LogP contribution in [-0.4, -0.2) is 93.2 Å². The summed E-state index contributed by atoms with van der Waals surface area (Å²) in [6.45, 7) is -1.59. The molecule has 0 radical (unpaired) electrons. The molecule has 0 saturated heterocycles. The Morgan fingerprint density at radius 1 is 0.821 bits per heavy atom. The standard InChI is InChI=1S/C14H24N4O9S/c15-6(3-19)11(23)16-7(1-2-10(21)22)12(24)18-9(5-28)13(25)17-8(4-20)14(26)27/h6-9,19-20,28H,1-5,15H2,(H,16,23)(H,17,25)(H,18,24)(H,21,22)(H,26,27). The van der Waals surface area contributed by atoms with Gasteiger partial charge in [-0.15, -0.1) is 0 Å². The summed E-state index contributed by atoms with van der Waals surface area (Å²) in [5.41, 5.74) is 5.33. The zero-order valence-corrected chi connectivity index (χ0v) is 15.6. The van der Waals surface area contributed by atoms with Crippen molar-refractivity contribution in [1.82, 2.24) is 16.0 Å². The van der Waals surface area contributed by atoms with Crippen LogP contribution < -0.4 is 21.7 Å². The number of carboxylic acid groups (broad SMARTS) is 2. The number of nitrogens with two attached hydrogens (primary N) is 1. The van der Waals surface area contributed by atoms with Crippen molar-refractivity contribution in [2.45, 2.75) is 37.0 Å². The lowest BCUT2D eigenvalue weighted by Gasteiger charge is -2.23. The Hall–Kier alpha value is -2.42. The third-order valence-corrected chi connectivity index (χ3v) is 3.79. The number of hydrogen-bond acceptors (Lipinski definition) is 9. The molecule has 14 heteroatoms. The predicted molar refractivity (Wildman–Crippen MR) is 96.3 cm³/mol. The number of carbonyl (C=O) groups is 5. The first kappa shape index (κ1) is 25.6. The van der Waals surface area contributed by atoms with Crippen molar-refractivity contribution in [3.8, 4) is 0 Å². The summed E-state index contributed by atoms with van der Waals surface area (Å²) in [6.07, 6.45) is -0.823. The van der Waals surface area contributed by atoms with E-state index >= 15 is 0 Å². The molecule has 0 saturated carbocycles. The van der Waals surface area contributed by atoms with E-state index in [1.165, 1.54) is 0 Å². The minimum Gasteiger partial charge on any atom is -0.481 e. The van der Waals surface area contributed by atoms with Crippen molar-refractivity contribution in [2.75, 3.05) is 19.0 Å². The average Bonchev–Trinajstić information content (AvgIpc) is 2.65. The molecule has 0 spiro atoms. The number of aliphatic carboxylic acids is 2. The molecular formula is C14H24N4O9S. The van der Waals surface area contributed by atoms with Crippen molar-refractivity contribution in [2.24, 2.45) is 5.73 Å². The molecule has 0 bridgehead atoms. The summed E-state index contributed by atoms with van der Waals surface area (Å²) in [7, 11) is 0. The normalized spacial score (nSPS) is 14.9. The minimum absolute atomic E-state index is 0.259. The summed E-state index contributed by atoms with van der Waals surface area (Å²) in [5, 5.41) is 41.8. The molecule has 0 aromatic heterocycles. The Kier molecular flexibility index (Phi) is 11.8. The van der Waals surface area contributed by atoms with E-state index in [2.05, 4.69) is 23.3 Å². The fourth-order valence-electron chi connectivity index (χ4n) is 1.82. The van der Waals surface area contributed by atoms with E-state index in [-0.39, 0.29) is 12.2 Å². The Morgan fingerprint density at radius 2 is 1.32 bits per heavy atom. The highest BCUT2D eigenvalue weighted by molar-refractivity contribution is 7.80. The number of carbonyl (C=O) groups excluding carboxylic acids is 3. The maximum Gasteiger partial charge on any atom is 0.328 e. The van der Waals surface area contributed by atoms with E-state index < -0.39 is 73.5 Å². The van der Waals surface area contributed by atoms with Crippen LogP contribution in [0.2, 0.25) is 0 Å². The Morgan fingerprint density at radius 3 is 1.75 bits per heavy atom. The van der Waals surface area contributed by atoms with Crippen LogP contribution in [0.1, 0.15) is 12.8 Å². The van der Waals surface area contributed by atoms with Crippen molar-refractivity contribution >= 4 is 42.3 Å². The lowest BCUT2D eigenvalue weighted by Crippen LogP contribution is -2.58. The van der Waals surface area contributed by atoms with E-state index in [0.717, 1.165) is 0 Å². The van der Waals surface area contributed by atoms with E-state index in [9.17, 15) is 24.0 Å².